The number of aromatic amines is 1. The maximum absolute atomic E-state index is 12.3. The standard InChI is InChI=1S/C19H22N4O5S/c1-4-5-10-23-16-15(17(24)21-19(23)26)22(2)14(20-16)11-28-18(25)12-6-8-13(9-7-12)29(3)27/h6-9H,4-5,10-11H2,1-3H3,(H,21,24,26). The van der Waals surface area contributed by atoms with E-state index >= 15 is 0 Å². The van der Waals surface area contributed by atoms with Crippen LogP contribution in [0, 0.1) is 0 Å². The van der Waals surface area contributed by atoms with Crippen LogP contribution >= 0.6 is 0 Å². The lowest BCUT2D eigenvalue weighted by atomic mass is 10.2. The number of aromatic nitrogens is 4. The molecule has 0 bridgehead atoms. The summed E-state index contributed by atoms with van der Waals surface area (Å²) in [6.45, 7) is 2.28. The third-order valence-corrected chi connectivity index (χ3v) is 5.53. The summed E-state index contributed by atoms with van der Waals surface area (Å²) in [7, 11) is 0.501. The van der Waals surface area contributed by atoms with E-state index in [1.807, 2.05) is 6.92 Å². The van der Waals surface area contributed by atoms with E-state index in [1.165, 1.54) is 9.13 Å². The van der Waals surface area contributed by atoms with Crippen LogP contribution in [0.2, 0.25) is 0 Å². The number of nitrogens with zero attached hydrogens (tertiary/aromatic N) is 3. The van der Waals surface area contributed by atoms with Crippen molar-refractivity contribution in [3.63, 3.8) is 0 Å². The van der Waals surface area contributed by atoms with Gasteiger partial charge in [-0.15, -0.1) is 0 Å². The molecular formula is C19H22N4O5S. The molecule has 3 rings (SSSR count). The first-order chi connectivity index (χ1) is 13.8. The number of hydrogen-bond acceptors (Lipinski definition) is 6. The van der Waals surface area contributed by atoms with Crippen molar-refractivity contribution in [3.8, 4) is 0 Å². The fourth-order valence-electron chi connectivity index (χ4n) is 2.94. The van der Waals surface area contributed by atoms with E-state index in [-0.39, 0.29) is 17.8 Å². The van der Waals surface area contributed by atoms with Crippen LogP contribution < -0.4 is 11.2 Å². The smallest absolute Gasteiger partial charge is 0.338 e. The van der Waals surface area contributed by atoms with Gasteiger partial charge in [-0.2, -0.15) is 0 Å². The highest BCUT2D eigenvalue weighted by molar-refractivity contribution is 7.84. The van der Waals surface area contributed by atoms with Crippen molar-refractivity contribution in [2.24, 2.45) is 7.05 Å². The van der Waals surface area contributed by atoms with Crippen LogP contribution in [-0.2, 0) is 35.7 Å². The van der Waals surface area contributed by atoms with Crippen molar-refractivity contribution in [3.05, 3.63) is 56.5 Å². The molecule has 0 saturated carbocycles. The van der Waals surface area contributed by atoms with E-state index in [1.54, 1.807) is 37.6 Å². The number of hydrogen-bond donors (Lipinski definition) is 1. The molecule has 2 aromatic heterocycles. The van der Waals surface area contributed by atoms with Crippen molar-refractivity contribution in [2.75, 3.05) is 6.26 Å². The first-order valence-electron chi connectivity index (χ1n) is 9.12. The van der Waals surface area contributed by atoms with Crippen molar-refractivity contribution in [1.29, 1.82) is 0 Å². The lowest BCUT2D eigenvalue weighted by Crippen LogP contribution is -2.31. The fourth-order valence-corrected chi connectivity index (χ4v) is 3.46. The summed E-state index contributed by atoms with van der Waals surface area (Å²) in [5, 5.41) is 0. The second-order valence-electron chi connectivity index (χ2n) is 6.58. The Morgan fingerprint density at radius 1 is 1.24 bits per heavy atom. The molecule has 0 saturated heterocycles. The van der Waals surface area contributed by atoms with E-state index in [0.717, 1.165) is 12.8 Å². The zero-order chi connectivity index (χ0) is 21.1. The van der Waals surface area contributed by atoms with Gasteiger partial charge in [-0.25, -0.2) is 14.6 Å². The van der Waals surface area contributed by atoms with E-state index in [9.17, 15) is 18.6 Å². The summed E-state index contributed by atoms with van der Waals surface area (Å²) in [6, 6.07) is 6.30. The molecule has 1 unspecified atom stereocenters. The second-order valence-corrected chi connectivity index (χ2v) is 7.96. The Morgan fingerprint density at radius 2 is 1.93 bits per heavy atom. The first kappa shape index (κ1) is 20.7. The third-order valence-electron chi connectivity index (χ3n) is 4.60. The quantitative estimate of drug-likeness (QED) is 0.579. The lowest BCUT2D eigenvalue weighted by Gasteiger charge is -2.05. The Kier molecular flexibility index (Phi) is 6.12. The summed E-state index contributed by atoms with van der Waals surface area (Å²) in [6.07, 6.45) is 3.20. The van der Waals surface area contributed by atoms with Gasteiger partial charge in [-0.1, -0.05) is 13.3 Å². The molecule has 10 heteroatoms. The summed E-state index contributed by atoms with van der Waals surface area (Å²) in [5.41, 5.74) is -0.202. The number of carbonyl (C=O) groups is 1. The predicted octanol–water partition coefficient (Wildman–Crippen LogP) is 1.32. The topological polar surface area (TPSA) is 116 Å². The zero-order valence-electron chi connectivity index (χ0n) is 16.4. The Morgan fingerprint density at radius 3 is 2.55 bits per heavy atom. The first-order valence-corrected chi connectivity index (χ1v) is 10.7. The fraction of sp³-hybridized carbons (Fsp3) is 0.368. The van der Waals surface area contributed by atoms with Gasteiger partial charge in [0.1, 0.15) is 12.4 Å². The van der Waals surface area contributed by atoms with E-state index in [0.29, 0.717) is 22.8 Å². The van der Waals surface area contributed by atoms with Gasteiger partial charge in [0.25, 0.3) is 5.56 Å². The monoisotopic (exact) mass is 418 g/mol. The number of unbranched alkanes of at least 4 members (excludes halogenated alkanes) is 1. The Labute approximate surface area is 168 Å². The number of fused-ring (bicyclic) bond motifs is 1. The second kappa shape index (κ2) is 8.56. The summed E-state index contributed by atoms with van der Waals surface area (Å²) < 4.78 is 19.7. The van der Waals surface area contributed by atoms with Gasteiger partial charge in [0, 0.05) is 35.5 Å². The molecule has 0 aliphatic rings. The molecule has 1 atom stereocenters. The molecule has 154 valence electrons. The van der Waals surface area contributed by atoms with Crippen LogP contribution in [-0.4, -0.2) is 35.5 Å². The normalized spacial score (nSPS) is 12.2. The average molecular weight is 418 g/mol. The molecular weight excluding hydrogens is 396 g/mol. The van der Waals surface area contributed by atoms with Crippen molar-refractivity contribution >= 4 is 27.9 Å². The van der Waals surface area contributed by atoms with Crippen LogP contribution in [0.3, 0.4) is 0 Å². The summed E-state index contributed by atoms with van der Waals surface area (Å²) >= 11 is 0. The number of esters is 1. The number of imidazole rings is 1. The van der Waals surface area contributed by atoms with Crippen molar-refractivity contribution < 1.29 is 13.7 Å². The molecule has 1 N–H and O–H groups in total. The number of H-pyrrole nitrogens is 1. The van der Waals surface area contributed by atoms with Crippen LogP contribution in [0.1, 0.15) is 35.9 Å². The predicted molar refractivity (Wildman–Crippen MR) is 108 cm³/mol. The number of carbonyl (C=O) groups excluding carboxylic acids is 1. The average Bonchev–Trinajstić information content (AvgIpc) is 3.02. The number of rotatable bonds is 7. The molecule has 3 aromatic rings. The van der Waals surface area contributed by atoms with Gasteiger partial charge < -0.3 is 9.30 Å². The van der Waals surface area contributed by atoms with Gasteiger partial charge in [0.15, 0.2) is 11.2 Å². The molecule has 0 spiro atoms. The van der Waals surface area contributed by atoms with Crippen molar-refractivity contribution in [1.82, 2.24) is 19.1 Å². The highest BCUT2D eigenvalue weighted by atomic mass is 32.2. The number of aryl methyl sites for hydroxylation is 2. The van der Waals surface area contributed by atoms with Crippen LogP contribution in [0.4, 0.5) is 0 Å². The molecule has 0 aliphatic heterocycles. The Balaban J connectivity index is 1.86. The minimum absolute atomic E-state index is 0.160. The zero-order valence-corrected chi connectivity index (χ0v) is 17.2. The minimum Gasteiger partial charge on any atom is -0.454 e. The number of ether oxygens (including phenoxy) is 1. The molecule has 0 aliphatic carbocycles. The largest absolute Gasteiger partial charge is 0.454 e. The molecule has 29 heavy (non-hydrogen) atoms. The van der Waals surface area contributed by atoms with Gasteiger partial charge in [-0.3, -0.25) is 18.6 Å². The molecule has 0 fully saturated rings. The van der Waals surface area contributed by atoms with Gasteiger partial charge in [0.05, 0.1) is 5.56 Å². The molecule has 2 heterocycles. The lowest BCUT2D eigenvalue weighted by molar-refractivity contribution is 0.0459. The third kappa shape index (κ3) is 4.21. The number of benzene rings is 1. The van der Waals surface area contributed by atoms with E-state index < -0.39 is 28.0 Å². The minimum atomic E-state index is -1.13. The summed E-state index contributed by atoms with van der Waals surface area (Å²) in [4.78, 5) is 44.0. The van der Waals surface area contributed by atoms with E-state index in [4.69, 9.17) is 4.74 Å². The van der Waals surface area contributed by atoms with Crippen LogP contribution in [0.15, 0.2) is 38.8 Å². The van der Waals surface area contributed by atoms with Crippen LogP contribution in [0.25, 0.3) is 11.2 Å². The summed E-state index contributed by atoms with van der Waals surface area (Å²) in [5.74, 6) is -0.219. The molecule has 0 radical (unpaired) electrons. The van der Waals surface area contributed by atoms with E-state index in [2.05, 4.69) is 9.97 Å². The maximum atomic E-state index is 12.3. The SMILES string of the molecule is CCCCn1c(=O)[nH]c(=O)c2c1nc(COC(=O)c1ccc(S(C)=O)cc1)n2C. The molecule has 0 amide bonds. The Bertz CT molecular complexity index is 1190. The Hall–Kier alpha value is -3.01. The number of nitrogens with one attached hydrogen (secondary N) is 1. The molecule has 1 aromatic carbocycles. The molecule has 9 nitrogen and oxygen atoms in total. The van der Waals surface area contributed by atoms with Crippen LogP contribution in [0.5, 0.6) is 0 Å². The van der Waals surface area contributed by atoms with Gasteiger partial charge >= 0.3 is 11.7 Å². The highest BCUT2D eigenvalue weighted by Gasteiger charge is 2.18. The van der Waals surface area contributed by atoms with Gasteiger partial charge in [-0.05, 0) is 30.7 Å². The highest BCUT2D eigenvalue weighted by Crippen LogP contribution is 2.13. The van der Waals surface area contributed by atoms with Crippen molar-refractivity contribution in [2.45, 2.75) is 37.8 Å². The maximum Gasteiger partial charge on any atom is 0.338 e. The van der Waals surface area contributed by atoms with Gasteiger partial charge in [0.2, 0.25) is 0 Å².